The van der Waals surface area contributed by atoms with Crippen LogP contribution in [0.4, 0.5) is 0 Å². The summed E-state index contributed by atoms with van der Waals surface area (Å²) >= 11 is 5.75. The van der Waals surface area contributed by atoms with E-state index in [1.807, 2.05) is 24.3 Å². The number of halogens is 2. The summed E-state index contributed by atoms with van der Waals surface area (Å²) in [4.78, 5) is 0. The third-order valence-corrected chi connectivity index (χ3v) is 1.88. The maximum atomic E-state index is 5.75. The van der Waals surface area contributed by atoms with Crippen LogP contribution in [0.2, 0.25) is 5.02 Å². The van der Waals surface area contributed by atoms with Gasteiger partial charge in [-0.15, -0.1) is 12.4 Å². The Kier molecular flexibility index (Phi) is 6.13. The Bertz CT molecular complexity index is 231. The average molecular weight is 220 g/mol. The van der Waals surface area contributed by atoms with Gasteiger partial charge in [-0.1, -0.05) is 37.6 Å². The van der Waals surface area contributed by atoms with E-state index in [4.69, 9.17) is 11.6 Å². The summed E-state index contributed by atoms with van der Waals surface area (Å²) in [6.45, 7) is 5.18. The van der Waals surface area contributed by atoms with Gasteiger partial charge in [0.15, 0.2) is 0 Å². The standard InChI is InChI=1S/C10H14ClN.ClH/c1-8(2)12-7-9-3-5-10(11)6-4-9;/h3-6,8,12H,7H2,1-2H3;1H. The van der Waals surface area contributed by atoms with E-state index in [9.17, 15) is 0 Å². The first-order chi connectivity index (χ1) is 5.68. The SMILES string of the molecule is CC(C)NCc1ccc(Cl)cc1.Cl. The molecule has 0 amide bonds. The van der Waals surface area contributed by atoms with Crippen molar-refractivity contribution in [3.05, 3.63) is 34.9 Å². The molecule has 0 heterocycles. The monoisotopic (exact) mass is 219 g/mol. The van der Waals surface area contributed by atoms with Gasteiger partial charge in [0.05, 0.1) is 0 Å². The minimum Gasteiger partial charge on any atom is -0.310 e. The summed E-state index contributed by atoms with van der Waals surface area (Å²) < 4.78 is 0. The maximum absolute atomic E-state index is 5.75. The van der Waals surface area contributed by atoms with Crippen LogP contribution in [0.5, 0.6) is 0 Å². The molecule has 0 spiro atoms. The van der Waals surface area contributed by atoms with Crippen LogP contribution in [0, 0.1) is 0 Å². The van der Waals surface area contributed by atoms with Crippen LogP contribution in [-0.4, -0.2) is 6.04 Å². The zero-order valence-electron chi connectivity index (χ0n) is 7.88. The summed E-state index contributed by atoms with van der Waals surface area (Å²) in [6, 6.07) is 8.44. The van der Waals surface area contributed by atoms with Crippen molar-refractivity contribution in [1.82, 2.24) is 5.32 Å². The second-order valence-corrected chi connectivity index (χ2v) is 3.60. The van der Waals surface area contributed by atoms with E-state index < -0.39 is 0 Å². The van der Waals surface area contributed by atoms with Crippen molar-refractivity contribution in [2.45, 2.75) is 26.4 Å². The van der Waals surface area contributed by atoms with Crippen LogP contribution in [0.15, 0.2) is 24.3 Å². The zero-order chi connectivity index (χ0) is 8.97. The molecule has 3 heteroatoms. The molecule has 13 heavy (non-hydrogen) atoms. The molecular formula is C10H15Cl2N. The number of rotatable bonds is 3. The molecule has 0 atom stereocenters. The van der Waals surface area contributed by atoms with Gasteiger partial charge in [0.1, 0.15) is 0 Å². The Morgan fingerprint density at radius 1 is 1.23 bits per heavy atom. The zero-order valence-corrected chi connectivity index (χ0v) is 9.45. The lowest BCUT2D eigenvalue weighted by molar-refractivity contribution is 0.589. The Hall–Kier alpha value is -0.240. The highest BCUT2D eigenvalue weighted by molar-refractivity contribution is 6.30. The van der Waals surface area contributed by atoms with Crippen molar-refractivity contribution in [2.24, 2.45) is 0 Å². The lowest BCUT2D eigenvalue weighted by atomic mass is 10.2. The van der Waals surface area contributed by atoms with Crippen LogP contribution in [0.1, 0.15) is 19.4 Å². The van der Waals surface area contributed by atoms with Crippen molar-refractivity contribution in [3.63, 3.8) is 0 Å². The molecule has 0 saturated carbocycles. The summed E-state index contributed by atoms with van der Waals surface area (Å²) in [5.74, 6) is 0. The fourth-order valence-electron chi connectivity index (χ4n) is 0.924. The van der Waals surface area contributed by atoms with E-state index >= 15 is 0 Å². The van der Waals surface area contributed by atoms with Crippen molar-refractivity contribution in [2.75, 3.05) is 0 Å². The average Bonchev–Trinajstić information content (AvgIpc) is 2.03. The largest absolute Gasteiger partial charge is 0.310 e. The molecule has 0 unspecified atom stereocenters. The second kappa shape index (κ2) is 6.25. The van der Waals surface area contributed by atoms with Gasteiger partial charge in [-0.3, -0.25) is 0 Å². The van der Waals surface area contributed by atoms with E-state index in [0.29, 0.717) is 6.04 Å². The smallest absolute Gasteiger partial charge is 0.0406 e. The molecule has 0 bridgehead atoms. The van der Waals surface area contributed by atoms with E-state index in [1.165, 1.54) is 5.56 Å². The molecule has 0 saturated heterocycles. The van der Waals surface area contributed by atoms with Gasteiger partial charge >= 0.3 is 0 Å². The first-order valence-electron chi connectivity index (χ1n) is 4.16. The lowest BCUT2D eigenvalue weighted by Crippen LogP contribution is -2.21. The van der Waals surface area contributed by atoms with Crippen LogP contribution in [0.25, 0.3) is 0 Å². The van der Waals surface area contributed by atoms with Crippen molar-refractivity contribution >= 4 is 24.0 Å². The molecule has 1 nitrogen and oxygen atoms in total. The van der Waals surface area contributed by atoms with Gasteiger partial charge < -0.3 is 5.32 Å². The molecule has 0 aliphatic carbocycles. The fraction of sp³-hybridized carbons (Fsp3) is 0.400. The van der Waals surface area contributed by atoms with Gasteiger partial charge in [0.2, 0.25) is 0 Å². The van der Waals surface area contributed by atoms with Crippen molar-refractivity contribution in [1.29, 1.82) is 0 Å². The molecule has 0 aromatic heterocycles. The lowest BCUT2D eigenvalue weighted by Gasteiger charge is -2.07. The summed E-state index contributed by atoms with van der Waals surface area (Å²) in [6.07, 6.45) is 0. The topological polar surface area (TPSA) is 12.0 Å². The van der Waals surface area contributed by atoms with Crippen molar-refractivity contribution in [3.8, 4) is 0 Å². The van der Waals surface area contributed by atoms with Gasteiger partial charge in [0.25, 0.3) is 0 Å². The molecule has 1 rings (SSSR count). The highest BCUT2D eigenvalue weighted by Gasteiger charge is 1.94. The Balaban J connectivity index is 0.00000144. The van der Waals surface area contributed by atoms with E-state index in [1.54, 1.807) is 0 Å². The Labute approximate surface area is 90.9 Å². The summed E-state index contributed by atoms with van der Waals surface area (Å²) in [5, 5.41) is 4.13. The summed E-state index contributed by atoms with van der Waals surface area (Å²) in [5.41, 5.74) is 1.27. The minimum atomic E-state index is 0. The predicted molar refractivity (Wildman–Crippen MR) is 60.7 cm³/mol. The third-order valence-electron chi connectivity index (χ3n) is 1.63. The third kappa shape index (κ3) is 5.14. The van der Waals surface area contributed by atoms with Crippen LogP contribution >= 0.6 is 24.0 Å². The minimum absolute atomic E-state index is 0. The highest BCUT2D eigenvalue weighted by atomic mass is 35.5. The molecule has 1 aromatic carbocycles. The van der Waals surface area contributed by atoms with Crippen LogP contribution in [-0.2, 0) is 6.54 Å². The first-order valence-corrected chi connectivity index (χ1v) is 4.54. The normalized spacial score (nSPS) is 9.85. The van der Waals surface area contributed by atoms with Gasteiger partial charge in [-0.2, -0.15) is 0 Å². The highest BCUT2D eigenvalue weighted by Crippen LogP contribution is 2.09. The Morgan fingerprint density at radius 2 is 1.77 bits per heavy atom. The molecule has 0 fully saturated rings. The molecule has 1 N–H and O–H groups in total. The van der Waals surface area contributed by atoms with Crippen molar-refractivity contribution < 1.29 is 0 Å². The molecule has 0 radical (unpaired) electrons. The molecule has 74 valence electrons. The van der Waals surface area contributed by atoms with Crippen LogP contribution in [0.3, 0.4) is 0 Å². The number of hydrogen-bond acceptors (Lipinski definition) is 1. The Morgan fingerprint density at radius 3 is 2.23 bits per heavy atom. The quantitative estimate of drug-likeness (QED) is 0.824. The molecule has 1 aromatic rings. The summed E-state index contributed by atoms with van der Waals surface area (Å²) in [7, 11) is 0. The fourth-order valence-corrected chi connectivity index (χ4v) is 1.05. The second-order valence-electron chi connectivity index (χ2n) is 3.16. The van der Waals surface area contributed by atoms with E-state index in [-0.39, 0.29) is 12.4 Å². The van der Waals surface area contributed by atoms with Gasteiger partial charge in [0, 0.05) is 17.6 Å². The number of nitrogens with one attached hydrogen (secondary N) is 1. The number of benzene rings is 1. The van der Waals surface area contributed by atoms with E-state index in [0.717, 1.165) is 11.6 Å². The molecule has 0 aliphatic heterocycles. The van der Waals surface area contributed by atoms with E-state index in [2.05, 4.69) is 19.2 Å². The molecular weight excluding hydrogens is 205 g/mol. The maximum Gasteiger partial charge on any atom is 0.0406 e. The number of hydrogen-bond donors (Lipinski definition) is 1. The first kappa shape index (κ1) is 12.8. The predicted octanol–water partition coefficient (Wildman–Crippen LogP) is 3.26. The van der Waals surface area contributed by atoms with Crippen LogP contribution < -0.4 is 5.32 Å². The van der Waals surface area contributed by atoms with Gasteiger partial charge in [-0.05, 0) is 17.7 Å². The molecule has 0 aliphatic rings. The van der Waals surface area contributed by atoms with Gasteiger partial charge in [-0.25, -0.2) is 0 Å².